The maximum absolute atomic E-state index is 5.85. The number of ether oxygens (including phenoxy) is 2. The van der Waals surface area contributed by atoms with Gasteiger partial charge in [0, 0.05) is 29.9 Å². The third-order valence-electron chi connectivity index (χ3n) is 5.39. The number of rotatable bonds is 2. The molecule has 1 N–H and O–H groups in total. The highest BCUT2D eigenvalue weighted by Gasteiger charge is 2.40. The van der Waals surface area contributed by atoms with Crippen molar-refractivity contribution in [2.24, 2.45) is 0 Å². The molecule has 1 aromatic heterocycles. The molecule has 2 aromatic rings. The summed E-state index contributed by atoms with van der Waals surface area (Å²) in [6.45, 7) is 6.04. The highest BCUT2D eigenvalue weighted by Crippen LogP contribution is 2.43. The fourth-order valence-electron chi connectivity index (χ4n) is 4.07. The van der Waals surface area contributed by atoms with E-state index in [0.29, 0.717) is 11.8 Å². The zero-order valence-electron chi connectivity index (χ0n) is 13.5. The Morgan fingerprint density at radius 2 is 1.86 bits per heavy atom. The van der Waals surface area contributed by atoms with Crippen molar-refractivity contribution in [2.45, 2.75) is 57.2 Å². The second kappa shape index (κ2) is 5.39. The van der Waals surface area contributed by atoms with E-state index in [-0.39, 0.29) is 5.79 Å². The van der Waals surface area contributed by atoms with Gasteiger partial charge in [-0.15, -0.1) is 0 Å². The van der Waals surface area contributed by atoms with Crippen LogP contribution < -0.4 is 0 Å². The van der Waals surface area contributed by atoms with Gasteiger partial charge >= 0.3 is 0 Å². The van der Waals surface area contributed by atoms with E-state index in [9.17, 15) is 0 Å². The molecule has 0 bridgehead atoms. The first kappa shape index (κ1) is 14.3. The van der Waals surface area contributed by atoms with Crippen LogP contribution in [0, 0.1) is 0 Å². The topological polar surface area (TPSA) is 34.2 Å². The Morgan fingerprint density at radius 3 is 2.55 bits per heavy atom. The summed E-state index contributed by atoms with van der Waals surface area (Å²) in [5.74, 6) is 0.939. The molecule has 118 valence electrons. The average molecular weight is 299 g/mol. The third kappa shape index (κ3) is 2.37. The second-order valence-corrected chi connectivity index (χ2v) is 7.09. The standard InChI is InChI=1S/C19H25NO2/c1-13(2)17-12-20-18-4-3-15(11-16(17)18)14-5-7-19(8-6-14)21-9-10-22-19/h3-4,11-14,20H,5-10H2,1-2H3. The van der Waals surface area contributed by atoms with Gasteiger partial charge in [0.05, 0.1) is 13.2 Å². The van der Waals surface area contributed by atoms with Crippen molar-refractivity contribution in [2.75, 3.05) is 13.2 Å². The third-order valence-corrected chi connectivity index (χ3v) is 5.39. The summed E-state index contributed by atoms with van der Waals surface area (Å²) in [6.07, 6.45) is 6.54. The number of hydrogen-bond donors (Lipinski definition) is 1. The molecular formula is C19H25NO2. The molecule has 0 atom stereocenters. The fraction of sp³-hybridized carbons (Fsp3) is 0.579. The molecule has 1 spiro atoms. The summed E-state index contributed by atoms with van der Waals surface area (Å²) in [5.41, 5.74) is 4.15. The Kier molecular flexibility index (Phi) is 3.50. The SMILES string of the molecule is CC(C)c1c[nH]c2ccc(C3CCC4(CC3)OCCO4)cc12. The molecular weight excluding hydrogens is 274 g/mol. The minimum absolute atomic E-state index is 0.252. The first-order valence-corrected chi connectivity index (χ1v) is 8.56. The molecule has 1 aromatic carbocycles. The normalized spacial score (nSPS) is 22.1. The van der Waals surface area contributed by atoms with Crippen LogP contribution in [0.2, 0.25) is 0 Å². The summed E-state index contributed by atoms with van der Waals surface area (Å²) in [4.78, 5) is 3.40. The van der Waals surface area contributed by atoms with E-state index in [1.54, 1.807) is 0 Å². The first-order chi connectivity index (χ1) is 10.7. The lowest BCUT2D eigenvalue weighted by Crippen LogP contribution is -2.34. The summed E-state index contributed by atoms with van der Waals surface area (Å²) in [5, 5.41) is 1.39. The first-order valence-electron chi connectivity index (χ1n) is 8.56. The van der Waals surface area contributed by atoms with Crippen LogP contribution in [-0.4, -0.2) is 24.0 Å². The van der Waals surface area contributed by atoms with Gasteiger partial charge in [0.2, 0.25) is 0 Å². The van der Waals surface area contributed by atoms with E-state index in [1.165, 1.54) is 22.0 Å². The van der Waals surface area contributed by atoms with Crippen LogP contribution >= 0.6 is 0 Å². The van der Waals surface area contributed by atoms with Gasteiger partial charge < -0.3 is 14.5 Å². The van der Waals surface area contributed by atoms with Crippen LogP contribution in [0.4, 0.5) is 0 Å². The Morgan fingerprint density at radius 1 is 1.14 bits per heavy atom. The van der Waals surface area contributed by atoms with E-state index >= 15 is 0 Å². The smallest absolute Gasteiger partial charge is 0.168 e. The van der Waals surface area contributed by atoms with Gasteiger partial charge in [-0.3, -0.25) is 0 Å². The molecule has 0 amide bonds. The van der Waals surface area contributed by atoms with E-state index in [1.807, 2.05) is 0 Å². The van der Waals surface area contributed by atoms with Crippen LogP contribution in [0.25, 0.3) is 10.9 Å². The van der Waals surface area contributed by atoms with Crippen molar-refractivity contribution >= 4 is 10.9 Å². The van der Waals surface area contributed by atoms with Gasteiger partial charge in [0.25, 0.3) is 0 Å². The number of fused-ring (bicyclic) bond motifs is 1. The largest absolute Gasteiger partial charge is 0.361 e. The second-order valence-electron chi connectivity index (χ2n) is 7.09. The predicted octanol–water partition coefficient (Wildman–Crippen LogP) is 4.69. The lowest BCUT2D eigenvalue weighted by atomic mass is 9.80. The minimum atomic E-state index is -0.252. The molecule has 3 heteroatoms. The van der Waals surface area contributed by atoms with E-state index < -0.39 is 0 Å². The summed E-state index contributed by atoms with van der Waals surface area (Å²) in [7, 11) is 0. The number of hydrogen-bond acceptors (Lipinski definition) is 2. The number of nitrogens with one attached hydrogen (secondary N) is 1. The Balaban J connectivity index is 1.58. The molecule has 22 heavy (non-hydrogen) atoms. The molecule has 1 saturated heterocycles. The van der Waals surface area contributed by atoms with Gasteiger partial charge in [0.1, 0.15) is 0 Å². The summed E-state index contributed by atoms with van der Waals surface area (Å²) >= 11 is 0. The van der Waals surface area contributed by atoms with Gasteiger partial charge in [-0.25, -0.2) is 0 Å². The van der Waals surface area contributed by atoms with Crippen LogP contribution in [0.3, 0.4) is 0 Å². The molecule has 0 unspecified atom stereocenters. The van der Waals surface area contributed by atoms with Crippen molar-refractivity contribution in [3.8, 4) is 0 Å². The minimum Gasteiger partial charge on any atom is -0.361 e. The number of aromatic amines is 1. The molecule has 1 aliphatic carbocycles. The monoisotopic (exact) mass is 299 g/mol. The molecule has 2 heterocycles. The van der Waals surface area contributed by atoms with Gasteiger partial charge in [0.15, 0.2) is 5.79 Å². The fourth-order valence-corrected chi connectivity index (χ4v) is 4.07. The zero-order chi connectivity index (χ0) is 15.2. The van der Waals surface area contributed by atoms with Crippen molar-refractivity contribution in [1.29, 1.82) is 0 Å². The number of benzene rings is 1. The molecule has 3 nitrogen and oxygen atoms in total. The highest BCUT2D eigenvalue weighted by atomic mass is 16.7. The van der Waals surface area contributed by atoms with E-state index in [2.05, 4.69) is 43.2 Å². The van der Waals surface area contributed by atoms with Crippen LogP contribution in [-0.2, 0) is 9.47 Å². The van der Waals surface area contributed by atoms with Crippen LogP contribution in [0.5, 0.6) is 0 Å². The number of H-pyrrole nitrogens is 1. The van der Waals surface area contributed by atoms with Crippen molar-refractivity contribution in [3.05, 3.63) is 35.5 Å². The summed E-state index contributed by atoms with van der Waals surface area (Å²) in [6, 6.07) is 6.94. The van der Waals surface area contributed by atoms with Gasteiger partial charge in [-0.2, -0.15) is 0 Å². The molecule has 4 rings (SSSR count). The molecule has 0 radical (unpaired) electrons. The molecule has 1 aliphatic heterocycles. The molecule has 1 saturated carbocycles. The Hall–Kier alpha value is -1.32. The van der Waals surface area contributed by atoms with Crippen molar-refractivity contribution in [3.63, 3.8) is 0 Å². The molecule has 2 fully saturated rings. The number of aromatic nitrogens is 1. The predicted molar refractivity (Wildman–Crippen MR) is 88.2 cm³/mol. The van der Waals surface area contributed by atoms with Crippen LogP contribution in [0.1, 0.15) is 62.5 Å². The highest BCUT2D eigenvalue weighted by molar-refractivity contribution is 5.84. The van der Waals surface area contributed by atoms with E-state index in [4.69, 9.17) is 9.47 Å². The van der Waals surface area contributed by atoms with Crippen molar-refractivity contribution < 1.29 is 9.47 Å². The average Bonchev–Trinajstić information content (AvgIpc) is 3.14. The lowest BCUT2D eigenvalue weighted by Gasteiger charge is -2.35. The molecule has 2 aliphatic rings. The quantitative estimate of drug-likeness (QED) is 0.872. The van der Waals surface area contributed by atoms with Gasteiger partial charge in [-0.05, 0) is 47.9 Å². The maximum atomic E-state index is 5.85. The summed E-state index contributed by atoms with van der Waals surface area (Å²) < 4.78 is 11.7. The Labute approximate surface area is 132 Å². The zero-order valence-corrected chi connectivity index (χ0v) is 13.5. The van der Waals surface area contributed by atoms with Crippen molar-refractivity contribution in [1.82, 2.24) is 4.98 Å². The maximum Gasteiger partial charge on any atom is 0.168 e. The van der Waals surface area contributed by atoms with Crippen LogP contribution in [0.15, 0.2) is 24.4 Å². The van der Waals surface area contributed by atoms with Gasteiger partial charge in [-0.1, -0.05) is 19.9 Å². The lowest BCUT2D eigenvalue weighted by molar-refractivity contribution is -0.178. The Bertz CT molecular complexity index is 657. The van der Waals surface area contributed by atoms with E-state index in [0.717, 1.165) is 38.9 Å².